The third-order valence-corrected chi connectivity index (χ3v) is 3.30. The summed E-state index contributed by atoms with van der Waals surface area (Å²) in [5.74, 6) is -0.798. The van der Waals surface area contributed by atoms with Gasteiger partial charge in [0.05, 0.1) is 16.8 Å². The Kier molecular flexibility index (Phi) is 5.08. The van der Waals surface area contributed by atoms with Gasteiger partial charge in [-0.2, -0.15) is 0 Å². The fraction of sp³-hybridized carbons (Fsp3) is 0.500. The highest BCUT2D eigenvalue weighted by molar-refractivity contribution is 7.16. The van der Waals surface area contributed by atoms with Crippen molar-refractivity contribution in [2.75, 3.05) is 6.54 Å². The number of carboxylic acids is 1. The maximum Gasteiger partial charge on any atom is 0.305 e. The van der Waals surface area contributed by atoms with E-state index in [0.29, 0.717) is 4.34 Å². The molecule has 1 aromatic rings. The zero-order valence-electron chi connectivity index (χ0n) is 8.50. The number of aliphatic carboxylic acids is 1. The predicted molar refractivity (Wildman–Crippen MR) is 62.6 cm³/mol. The first-order valence-corrected chi connectivity index (χ1v) is 6.03. The Morgan fingerprint density at radius 3 is 2.87 bits per heavy atom. The van der Waals surface area contributed by atoms with E-state index < -0.39 is 5.97 Å². The van der Waals surface area contributed by atoms with Gasteiger partial charge in [-0.3, -0.25) is 4.79 Å². The molecule has 1 atom stereocenters. The van der Waals surface area contributed by atoms with Crippen molar-refractivity contribution in [1.29, 1.82) is 0 Å². The van der Waals surface area contributed by atoms with E-state index in [1.807, 2.05) is 13.0 Å². The summed E-state index contributed by atoms with van der Waals surface area (Å²) < 4.78 is 0.693. The summed E-state index contributed by atoms with van der Waals surface area (Å²) >= 11 is 7.25. The van der Waals surface area contributed by atoms with Crippen LogP contribution < -0.4 is 5.32 Å². The minimum Gasteiger partial charge on any atom is -0.481 e. The van der Waals surface area contributed by atoms with Crippen LogP contribution in [0.15, 0.2) is 12.1 Å². The van der Waals surface area contributed by atoms with Gasteiger partial charge >= 0.3 is 5.97 Å². The Bertz CT molecular complexity index is 327. The van der Waals surface area contributed by atoms with Crippen molar-refractivity contribution >= 4 is 28.9 Å². The lowest BCUT2D eigenvalue weighted by Gasteiger charge is -2.14. The van der Waals surface area contributed by atoms with Crippen molar-refractivity contribution in [1.82, 2.24) is 5.32 Å². The quantitative estimate of drug-likeness (QED) is 0.813. The molecule has 84 valence electrons. The smallest absolute Gasteiger partial charge is 0.305 e. The van der Waals surface area contributed by atoms with E-state index in [2.05, 4.69) is 5.32 Å². The lowest BCUT2D eigenvalue weighted by molar-refractivity contribution is -0.137. The molecule has 15 heavy (non-hydrogen) atoms. The van der Waals surface area contributed by atoms with Crippen LogP contribution in [-0.2, 0) is 4.79 Å². The van der Waals surface area contributed by atoms with E-state index in [1.54, 1.807) is 6.07 Å². The molecule has 0 saturated heterocycles. The van der Waals surface area contributed by atoms with Crippen molar-refractivity contribution in [3.05, 3.63) is 21.3 Å². The Morgan fingerprint density at radius 1 is 1.67 bits per heavy atom. The fourth-order valence-electron chi connectivity index (χ4n) is 1.28. The van der Waals surface area contributed by atoms with Gasteiger partial charge in [-0.05, 0) is 25.1 Å². The van der Waals surface area contributed by atoms with Crippen LogP contribution in [0.3, 0.4) is 0 Å². The van der Waals surface area contributed by atoms with Gasteiger partial charge in [-0.25, -0.2) is 0 Å². The minimum atomic E-state index is -0.798. The van der Waals surface area contributed by atoms with E-state index in [4.69, 9.17) is 16.7 Å². The average Bonchev–Trinajstić information content (AvgIpc) is 2.58. The van der Waals surface area contributed by atoms with E-state index in [0.717, 1.165) is 17.8 Å². The maximum absolute atomic E-state index is 10.7. The number of halogens is 1. The van der Waals surface area contributed by atoms with Gasteiger partial charge in [0.2, 0.25) is 0 Å². The average molecular weight is 248 g/mol. The number of thiophene rings is 1. The molecule has 0 aromatic carbocycles. The Morgan fingerprint density at radius 2 is 2.40 bits per heavy atom. The highest BCUT2D eigenvalue weighted by Gasteiger charge is 2.16. The molecule has 0 radical (unpaired) electrons. The van der Waals surface area contributed by atoms with Gasteiger partial charge in [0, 0.05) is 4.88 Å². The highest BCUT2D eigenvalue weighted by atomic mass is 35.5. The van der Waals surface area contributed by atoms with Gasteiger partial charge in [0.25, 0.3) is 0 Å². The number of carboxylic acid groups (broad SMARTS) is 1. The summed E-state index contributed by atoms with van der Waals surface area (Å²) in [4.78, 5) is 11.7. The first-order chi connectivity index (χ1) is 7.13. The first kappa shape index (κ1) is 12.5. The minimum absolute atomic E-state index is 0.0941. The lowest BCUT2D eigenvalue weighted by atomic mass is 10.1. The Hall–Kier alpha value is -0.580. The highest BCUT2D eigenvalue weighted by Crippen LogP contribution is 2.28. The second-order valence-corrected chi connectivity index (χ2v) is 4.99. The standard InChI is InChI=1S/C10H14ClNO2S/c1-2-5-12-7(6-10(13)14)8-3-4-9(11)15-8/h3-4,7,12H,2,5-6H2,1H3,(H,13,14)/t7-/m1/s1. The molecular weight excluding hydrogens is 234 g/mol. The predicted octanol–water partition coefficient (Wildman–Crippen LogP) is 2.92. The van der Waals surface area contributed by atoms with Crippen LogP contribution in [-0.4, -0.2) is 17.6 Å². The molecule has 5 heteroatoms. The number of rotatable bonds is 6. The number of hydrogen-bond acceptors (Lipinski definition) is 3. The molecule has 0 spiro atoms. The van der Waals surface area contributed by atoms with Crippen molar-refractivity contribution in [3.8, 4) is 0 Å². The number of nitrogens with one attached hydrogen (secondary N) is 1. The molecule has 0 aliphatic rings. The van der Waals surface area contributed by atoms with E-state index in [9.17, 15) is 4.79 Å². The summed E-state index contributed by atoms with van der Waals surface area (Å²) in [6, 6.07) is 3.55. The molecule has 2 N–H and O–H groups in total. The van der Waals surface area contributed by atoms with Crippen molar-refractivity contribution in [3.63, 3.8) is 0 Å². The van der Waals surface area contributed by atoms with Gasteiger partial charge in [-0.15, -0.1) is 11.3 Å². The third kappa shape index (κ3) is 4.20. The molecule has 1 rings (SSSR count). The zero-order chi connectivity index (χ0) is 11.3. The SMILES string of the molecule is CCCN[C@H](CC(=O)O)c1ccc(Cl)s1. The molecule has 0 aliphatic heterocycles. The van der Waals surface area contributed by atoms with Gasteiger partial charge in [0.1, 0.15) is 0 Å². The normalized spacial score (nSPS) is 12.7. The molecule has 1 heterocycles. The van der Waals surface area contributed by atoms with Crippen LogP contribution in [0.2, 0.25) is 4.34 Å². The van der Waals surface area contributed by atoms with E-state index in [1.165, 1.54) is 11.3 Å². The zero-order valence-corrected chi connectivity index (χ0v) is 10.1. The van der Waals surface area contributed by atoms with Crippen molar-refractivity contribution in [2.24, 2.45) is 0 Å². The molecule has 0 bridgehead atoms. The van der Waals surface area contributed by atoms with Crippen molar-refractivity contribution in [2.45, 2.75) is 25.8 Å². The molecule has 3 nitrogen and oxygen atoms in total. The summed E-state index contributed by atoms with van der Waals surface area (Å²) in [5, 5.41) is 12.0. The topological polar surface area (TPSA) is 49.3 Å². The second kappa shape index (κ2) is 6.10. The largest absolute Gasteiger partial charge is 0.481 e. The van der Waals surface area contributed by atoms with Crippen LogP contribution in [0.5, 0.6) is 0 Å². The van der Waals surface area contributed by atoms with E-state index in [-0.39, 0.29) is 12.5 Å². The summed E-state index contributed by atoms with van der Waals surface area (Å²) in [6.45, 7) is 2.86. The third-order valence-electron chi connectivity index (χ3n) is 1.96. The summed E-state index contributed by atoms with van der Waals surface area (Å²) in [5.41, 5.74) is 0. The molecule has 0 fully saturated rings. The Labute approximate surface area is 98.1 Å². The van der Waals surface area contributed by atoms with Crippen LogP contribution in [0.1, 0.15) is 30.7 Å². The summed E-state index contributed by atoms with van der Waals surface area (Å²) in [7, 11) is 0. The molecule has 0 aliphatic carbocycles. The number of carbonyl (C=O) groups is 1. The molecule has 0 amide bonds. The molecule has 0 unspecified atom stereocenters. The van der Waals surface area contributed by atoms with Crippen LogP contribution in [0.25, 0.3) is 0 Å². The van der Waals surface area contributed by atoms with Crippen LogP contribution in [0, 0.1) is 0 Å². The second-order valence-electron chi connectivity index (χ2n) is 3.25. The monoisotopic (exact) mass is 247 g/mol. The number of hydrogen-bond donors (Lipinski definition) is 2. The Balaban J connectivity index is 2.66. The van der Waals surface area contributed by atoms with Gasteiger partial charge < -0.3 is 10.4 Å². The fourth-order valence-corrected chi connectivity index (χ4v) is 2.42. The molecule has 1 aromatic heterocycles. The maximum atomic E-state index is 10.7. The summed E-state index contributed by atoms with van der Waals surface area (Å²) in [6.07, 6.45) is 1.08. The van der Waals surface area contributed by atoms with Crippen LogP contribution in [0.4, 0.5) is 0 Å². The van der Waals surface area contributed by atoms with Crippen molar-refractivity contribution < 1.29 is 9.90 Å². The van der Waals surface area contributed by atoms with Gasteiger partial charge in [-0.1, -0.05) is 18.5 Å². The van der Waals surface area contributed by atoms with Crippen LogP contribution >= 0.6 is 22.9 Å². The molecule has 0 saturated carbocycles. The van der Waals surface area contributed by atoms with E-state index >= 15 is 0 Å². The first-order valence-electron chi connectivity index (χ1n) is 4.84. The lowest BCUT2D eigenvalue weighted by Crippen LogP contribution is -2.23. The molecular formula is C10H14ClNO2S. The van der Waals surface area contributed by atoms with Gasteiger partial charge in [0.15, 0.2) is 0 Å².